The molecule has 0 amide bonds. The fourth-order valence-corrected chi connectivity index (χ4v) is 3.04. The van der Waals surface area contributed by atoms with Gasteiger partial charge in [0.05, 0.1) is 0 Å². The molecule has 1 aliphatic rings. The summed E-state index contributed by atoms with van der Waals surface area (Å²) in [5, 5.41) is 0. The van der Waals surface area contributed by atoms with Crippen molar-refractivity contribution in [1.29, 1.82) is 0 Å². The van der Waals surface area contributed by atoms with E-state index < -0.39 is 0 Å². The molecule has 2 heteroatoms. The molecule has 0 radical (unpaired) electrons. The second kappa shape index (κ2) is 6.97. The monoisotopic (exact) mass is 235 g/mol. The summed E-state index contributed by atoms with van der Waals surface area (Å²) in [7, 11) is 0. The fraction of sp³-hybridized carbons (Fsp3) is 0.571. The van der Waals surface area contributed by atoms with Crippen LogP contribution in [0.5, 0.6) is 0 Å². The third-order valence-electron chi connectivity index (χ3n) is 3.08. The van der Waals surface area contributed by atoms with Crippen molar-refractivity contribution in [2.45, 2.75) is 30.6 Å². The molecule has 0 aromatic heterocycles. The van der Waals surface area contributed by atoms with E-state index in [1.54, 1.807) is 0 Å². The molecular weight excluding hydrogens is 214 g/mol. The van der Waals surface area contributed by atoms with Gasteiger partial charge in [-0.3, -0.25) is 0 Å². The van der Waals surface area contributed by atoms with Crippen molar-refractivity contribution in [2.75, 3.05) is 25.4 Å². The van der Waals surface area contributed by atoms with Crippen molar-refractivity contribution in [3.05, 3.63) is 30.3 Å². The van der Waals surface area contributed by atoms with E-state index in [0.29, 0.717) is 0 Å². The van der Waals surface area contributed by atoms with Crippen molar-refractivity contribution in [2.24, 2.45) is 0 Å². The summed E-state index contributed by atoms with van der Waals surface area (Å²) >= 11 is 1.98. The molecule has 1 saturated heterocycles. The Bertz CT molecular complexity index is 280. The first-order valence-corrected chi connectivity index (χ1v) is 7.34. The van der Waals surface area contributed by atoms with E-state index in [2.05, 4.69) is 35.2 Å². The van der Waals surface area contributed by atoms with Gasteiger partial charge in [-0.2, -0.15) is 0 Å². The maximum absolute atomic E-state index is 2.62. The van der Waals surface area contributed by atoms with Crippen LogP contribution in [-0.4, -0.2) is 30.3 Å². The molecule has 0 unspecified atom stereocenters. The summed E-state index contributed by atoms with van der Waals surface area (Å²) < 4.78 is 0. The predicted molar refractivity (Wildman–Crippen MR) is 72.1 cm³/mol. The first kappa shape index (κ1) is 12.0. The number of piperidine rings is 1. The zero-order valence-electron chi connectivity index (χ0n) is 9.90. The normalized spacial score (nSPS) is 17.5. The minimum absolute atomic E-state index is 1.25. The molecule has 0 bridgehead atoms. The third kappa shape index (κ3) is 4.18. The maximum Gasteiger partial charge on any atom is 0.00719 e. The molecule has 0 aliphatic carbocycles. The van der Waals surface area contributed by atoms with Gasteiger partial charge in [0.15, 0.2) is 0 Å². The number of benzene rings is 1. The van der Waals surface area contributed by atoms with Crippen molar-refractivity contribution in [1.82, 2.24) is 4.90 Å². The summed E-state index contributed by atoms with van der Waals surface area (Å²) in [4.78, 5) is 4.02. The Hall–Kier alpha value is -0.470. The molecule has 1 fully saturated rings. The van der Waals surface area contributed by atoms with Gasteiger partial charge in [0.1, 0.15) is 0 Å². The highest BCUT2D eigenvalue weighted by molar-refractivity contribution is 7.99. The van der Waals surface area contributed by atoms with Gasteiger partial charge in [-0.05, 0) is 56.8 Å². The van der Waals surface area contributed by atoms with Crippen LogP contribution in [0.25, 0.3) is 0 Å². The molecule has 0 saturated carbocycles. The van der Waals surface area contributed by atoms with Gasteiger partial charge in [0.2, 0.25) is 0 Å². The van der Waals surface area contributed by atoms with Crippen molar-refractivity contribution in [3.8, 4) is 0 Å². The van der Waals surface area contributed by atoms with Gasteiger partial charge in [-0.15, -0.1) is 11.8 Å². The van der Waals surface area contributed by atoms with E-state index in [1.165, 1.54) is 56.0 Å². The fourth-order valence-electron chi connectivity index (χ4n) is 2.18. The lowest BCUT2D eigenvalue weighted by Gasteiger charge is -2.26. The summed E-state index contributed by atoms with van der Waals surface area (Å²) in [5.41, 5.74) is 0. The van der Waals surface area contributed by atoms with Gasteiger partial charge in [-0.1, -0.05) is 24.6 Å². The quantitative estimate of drug-likeness (QED) is 0.566. The molecule has 1 nitrogen and oxygen atoms in total. The number of hydrogen-bond acceptors (Lipinski definition) is 2. The second-order valence-corrected chi connectivity index (χ2v) is 5.59. The summed E-state index contributed by atoms with van der Waals surface area (Å²) in [6.45, 7) is 3.95. The van der Waals surface area contributed by atoms with E-state index in [1.807, 2.05) is 11.8 Å². The topological polar surface area (TPSA) is 3.24 Å². The van der Waals surface area contributed by atoms with Crippen LogP contribution in [0.1, 0.15) is 25.7 Å². The van der Waals surface area contributed by atoms with Crippen LogP contribution in [0.3, 0.4) is 0 Å². The largest absolute Gasteiger partial charge is 0.303 e. The second-order valence-electron chi connectivity index (χ2n) is 4.42. The molecule has 1 aromatic rings. The van der Waals surface area contributed by atoms with Crippen LogP contribution < -0.4 is 0 Å². The standard InChI is InChI=1S/C14H21NS/c1-3-8-14(9-4-1)16-13-7-12-15-10-5-2-6-11-15/h1,3-4,8-9H,2,5-7,10-13H2. The number of nitrogens with zero attached hydrogens (tertiary/aromatic N) is 1. The van der Waals surface area contributed by atoms with Crippen molar-refractivity contribution in [3.63, 3.8) is 0 Å². The lowest BCUT2D eigenvalue weighted by molar-refractivity contribution is 0.230. The summed E-state index contributed by atoms with van der Waals surface area (Å²) in [5.74, 6) is 1.25. The lowest BCUT2D eigenvalue weighted by Crippen LogP contribution is -2.30. The molecule has 2 rings (SSSR count). The minimum Gasteiger partial charge on any atom is -0.303 e. The number of hydrogen-bond donors (Lipinski definition) is 0. The van der Waals surface area contributed by atoms with Gasteiger partial charge in [-0.25, -0.2) is 0 Å². The third-order valence-corrected chi connectivity index (χ3v) is 4.18. The average Bonchev–Trinajstić information content (AvgIpc) is 2.37. The number of likely N-dealkylation sites (tertiary alicyclic amines) is 1. The van der Waals surface area contributed by atoms with Crippen LogP contribution in [0.15, 0.2) is 35.2 Å². The predicted octanol–water partition coefficient (Wildman–Crippen LogP) is 3.65. The Morgan fingerprint density at radius 1 is 1.00 bits per heavy atom. The van der Waals surface area contributed by atoms with Crippen LogP contribution in [0.4, 0.5) is 0 Å². The van der Waals surface area contributed by atoms with Gasteiger partial charge < -0.3 is 4.90 Å². The SMILES string of the molecule is c1ccc(SCCCN2CCCCC2)cc1. The first-order chi connectivity index (χ1) is 7.95. The van der Waals surface area contributed by atoms with Gasteiger partial charge in [0.25, 0.3) is 0 Å². The van der Waals surface area contributed by atoms with E-state index in [-0.39, 0.29) is 0 Å². The van der Waals surface area contributed by atoms with Crippen LogP contribution in [0.2, 0.25) is 0 Å². The lowest BCUT2D eigenvalue weighted by atomic mass is 10.1. The summed E-state index contributed by atoms with van der Waals surface area (Å²) in [6.07, 6.45) is 5.58. The Morgan fingerprint density at radius 2 is 1.75 bits per heavy atom. The molecule has 16 heavy (non-hydrogen) atoms. The van der Waals surface area contributed by atoms with Crippen LogP contribution in [0, 0.1) is 0 Å². The Morgan fingerprint density at radius 3 is 2.50 bits per heavy atom. The minimum atomic E-state index is 1.25. The first-order valence-electron chi connectivity index (χ1n) is 6.35. The molecule has 1 aromatic carbocycles. The Kier molecular flexibility index (Phi) is 5.23. The Labute approximate surface area is 103 Å². The zero-order chi connectivity index (χ0) is 11.1. The average molecular weight is 235 g/mol. The highest BCUT2D eigenvalue weighted by atomic mass is 32.2. The molecule has 1 aliphatic heterocycles. The molecule has 88 valence electrons. The molecule has 1 heterocycles. The number of rotatable bonds is 5. The molecule has 0 spiro atoms. The van der Waals surface area contributed by atoms with E-state index in [0.717, 1.165) is 0 Å². The summed E-state index contributed by atoms with van der Waals surface area (Å²) in [6, 6.07) is 10.7. The van der Waals surface area contributed by atoms with Crippen molar-refractivity contribution >= 4 is 11.8 Å². The zero-order valence-corrected chi connectivity index (χ0v) is 10.7. The van der Waals surface area contributed by atoms with E-state index in [9.17, 15) is 0 Å². The molecule has 0 atom stereocenters. The highest BCUT2D eigenvalue weighted by Crippen LogP contribution is 2.18. The number of thioether (sulfide) groups is 1. The van der Waals surface area contributed by atoms with E-state index in [4.69, 9.17) is 0 Å². The van der Waals surface area contributed by atoms with Crippen LogP contribution in [-0.2, 0) is 0 Å². The molecular formula is C14H21NS. The smallest absolute Gasteiger partial charge is 0.00719 e. The highest BCUT2D eigenvalue weighted by Gasteiger charge is 2.08. The molecule has 0 N–H and O–H groups in total. The Balaban J connectivity index is 1.58. The van der Waals surface area contributed by atoms with Crippen LogP contribution >= 0.6 is 11.8 Å². The van der Waals surface area contributed by atoms with Crippen molar-refractivity contribution < 1.29 is 0 Å². The maximum atomic E-state index is 2.62. The van der Waals surface area contributed by atoms with E-state index >= 15 is 0 Å². The van der Waals surface area contributed by atoms with Gasteiger partial charge in [0, 0.05) is 4.90 Å². The van der Waals surface area contributed by atoms with Gasteiger partial charge >= 0.3 is 0 Å².